The molecule has 8 heteroatoms. The highest BCUT2D eigenvalue weighted by atomic mass is 35.5. The lowest BCUT2D eigenvalue weighted by Gasteiger charge is -2.22. The monoisotopic (exact) mass is 604 g/mol. The van der Waals surface area contributed by atoms with E-state index >= 15 is 0 Å². The van der Waals surface area contributed by atoms with Crippen LogP contribution in [0.1, 0.15) is 67.5 Å². The predicted molar refractivity (Wildman–Crippen MR) is 172 cm³/mol. The third-order valence-electron chi connectivity index (χ3n) is 7.91. The minimum absolute atomic E-state index is 0. The Morgan fingerprint density at radius 1 is 0.590 bits per heavy atom. The van der Waals surface area contributed by atoms with E-state index in [0.717, 1.165) is 72.7 Å². The fourth-order valence-electron chi connectivity index (χ4n) is 6.05. The molecule has 2 heterocycles. The summed E-state index contributed by atoms with van der Waals surface area (Å²) in [5.74, 6) is 0. The standard InChI is InChI=1S/C31H34Cl2N4.2ClH/c32-20-12-14-24-28(18-20)36-26-10-4-2-8-22(26)30(24)34-16-6-1-7-17-35-31-23-9-3-5-11-27(23)37-29-19-21(33)13-15-25(29)31;;/h12-15,18-19H,1-11,16-17H2,(H,34,36)(H,35,37);2*1H. The lowest BCUT2D eigenvalue weighted by molar-refractivity contribution is 0.669. The number of anilines is 2. The molecule has 0 saturated heterocycles. The molecule has 0 saturated carbocycles. The van der Waals surface area contributed by atoms with Crippen LogP contribution in [0.15, 0.2) is 36.4 Å². The van der Waals surface area contributed by atoms with Crippen LogP contribution < -0.4 is 10.6 Å². The molecule has 2 aromatic carbocycles. The molecule has 2 aliphatic rings. The predicted octanol–water partition coefficient (Wildman–Crippen LogP) is 9.39. The Kier molecular flexibility index (Phi) is 10.4. The Morgan fingerprint density at radius 2 is 1.03 bits per heavy atom. The van der Waals surface area contributed by atoms with Gasteiger partial charge in [-0.15, -0.1) is 24.8 Å². The summed E-state index contributed by atoms with van der Waals surface area (Å²) in [6.07, 6.45) is 12.7. The van der Waals surface area contributed by atoms with Crippen LogP contribution in [0.5, 0.6) is 0 Å². The van der Waals surface area contributed by atoms with E-state index in [1.54, 1.807) is 0 Å². The molecular formula is C31H36Cl4N4. The zero-order valence-electron chi connectivity index (χ0n) is 22.1. The highest BCUT2D eigenvalue weighted by Crippen LogP contribution is 2.36. The van der Waals surface area contributed by atoms with Crippen LogP contribution in [-0.2, 0) is 25.7 Å². The molecule has 0 fully saturated rings. The van der Waals surface area contributed by atoms with E-state index in [4.69, 9.17) is 33.2 Å². The van der Waals surface area contributed by atoms with Gasteiger partial charge in [0.1, 0.15) is 0 Å². The first-order valence-electron chi connectivity index (χ1n) is 13.9. The number of aryl methyl sites for hydroxylation is 2. The van der Waals surface area contributed by atoms with Crippen LogP contribution in [0, 0.1) is 0 Å². The first-order chi connectivity index (χ1) is 18.2. The molecule has 0 radical (unpaired) electrons. The molecule has 2 N–H and O–H groups in total. The van der Waals surface area contributed by atoms with E-state index in [-0.39, 0.29) is 24.8 Å². The molecule has 2 aliphatic carbocycles. The second kappa shape index (κ2) is 13.6. The topological polar surface area (TPSA) is 49.8 Å². The van der Waals surface area contributed by atoms with Crippen LogP contribution in [0.4, 0.5) is 11.4 Å². The van der Waals surface area contributed by atoms with Gasteiger partial charge in [0.2, 0.25) is 0 Å². The molecule has 0 spiro atoms. The van der Waals surface area contributed by atoms with Gasteiger partial charge in [0.05, 0.1) is 11.0 Å². The first-order valence-corrected chi connectivity index (χ1v) is 14.6. The van der Waals surface area contributed by atoms with Gasteiger partial charge in [-0.1, -0.05) is 23.2 Å². The van der Waals surface area contributed by atoms with Crippen molar-refractivity contribution in [1.29, 1.82) is 0 Å². The summed E-state index contributed by atoms with van der Waals surface area (Å²) in [5.41, 5.74) is 9.91. The maximum absolute atomic E-state index is 6.28. The fraction of sp³-hybridized carbons (Fsp3) is 0.419. The average Bonchev–Trinajstić information content (AvgIpc) is 2.91. The number of nitrogens with zero attached hydrogens (tertiary/aromatic N) is 2. The van der Waals surface area contributed by atoms with Crippen molar-refractivity contribution in [2.24, 2.45) is 0 Å². The van der Waals surface area contributed by atoms with Gasteiger partial charge in [0.25, 0.3) is 0 Å². The Hall–Kier alpha value is -1.98. The third kappa shape index (κ3) is 6.51. The minimum atomic E-state index is 0. The zero-order chi connectivity index (χ0) is 25.2. The van der Waals surface area contributed by atoms with Gasteiger partial charge < -0.3 is 10.6 Å². The quantitative estimate of drug-likeness (QED) is 0.196. The molecule has 0 aliphatic heterocycles. The van der Waals surface area contributed by atoms with Crippen molar-refractivity contribution in [3.63, 3.8) is 0 Å². The lowest BCUT2D eigenvalue weighted by atomic mass is 9.92. The second-order valence-corrected chi connectivity index (χ2v) is 11.3. The van der Waals surface area contributed by atoms with E-state index in [9.17, 15) is 0 Å². The van der Waals surface area contributed by atoms with Crippen LogP contribution >= 0.6 is 48.0 Å². The number of unbranched alkanes of at least 4 members (excludes halogenated alkanes) is 2. The highest BCUT2D eigenvalue weighted by Gasteiger charge is 2.19. The van der Waals surface area contributed by atoms with Crippen molar-refractivity contribution >= 4 is 81.2 Å². The summed E-state index contributed by atoms with van der Waals surface area (Å²) >= 11 is 12.6. The van der Waals surface area contributed by atoms with Crippen LogP contribution in [0.2, 0.25) is 10.0 Å². The number of hydrogen-bond acceptors (Lipinski definition) is 4. The minimum Gasteiger partial charge on any atom is -0.384 e. The normalized spacial score (nSPS) is 14.2. The van der Waals surface area contributed by atoms with Crippen molar-refractivity contribution in [3.05, 3.63) is 69.0 Å². The molecule has 39 heavy (non-hydrogen) atoms. The van der Waals surface area contributed by atoms with Crippen molar-refractivity contribution in [2.75, 3.05) is 23.7 Å². The van der Waals surface area contributed by atoms with Crippen LogP contribution in [0.25, 0.3) is 21.8 Å². The Morgan fingerprint density at radius 3 is 1.49 bits per heavy atom. The Bertz CT molecular complexity index is 1350. The maximum Gasteiger partial charge on any atom is 0.0741 e. The molecule has 0 bridgehead atoms. The van der Waals surface area contributed by atoms with E-state index in [1.165, 1.54) is 76.8 Å². The number of rotatable bonds is 8. The molecule has 4 nitrogen and oxygen atoms in total. The molecule has 0 atom stereocenters. The fourth-order valence-corrected chi connectivity index (χ4v) is 6.39. The number of pyridine rings is 2. The zero-order valence-corrected chi connectivity index (χ0v) is 25.3. The van der Waals surface area contributed by atoms with Crippen molar-refractivity contribution < 1.29 is 0 Å². The van der Waals surface area contributed by atoms with E-state index in [1.807, 2.05) is 24.3 Å². The summed E-state index contributed by atoms with van der Waals surface area (Å²) in [6.45, 7) is 1.94. The molecule has 2 aromatic heterocycles. The van der Waals surface area contributed by atoms with Gasteiger partial charge in [0.15, 0.2) is 0 Å². The molecule has 6 rings (SSSR count). The van der Waals surface area contributed by atoms with Crippen molar-refractivity contribution in [2.45, 2.75) is 70.6 Å². The highest BCUT2D eigenvalue weighted by molar-refractivity contribution is 6.31. The van der Waals surface area contributed by atoms with Crippen LogP contribution in [0.3, 0.4) is 0 Å². The number of halogens is 4. The largest absolute Gasteiger partial charge is 0.384 e. The van der Waals surface area contributed by atoms with Crippen molar-refractivity contribution in [1.82, 2.24) is 9.97 Å². The summed E-state index contributed by atoms with van der Waals surface area (Å²) in [7, 11) is 0. The van der Waals surface area contributed by atoms with Gasteiger partial charge in [-0.25, -0.2) is 0 Å². The lowest BCUT2D eigenvalue weighted by Crippen LogP contribution is -2.13. The summed E-state index contributed by atoms with van der Waals surface area (Å²) in [4.78, 5) is 9.89. The average molecular weight is 606 g/mol. The van der Waals surface area contributed by atoms with Crippen molar-refractivity contribution in [3.8, 4) is 0 Å². The molecule has 208 valence electrons. The number of aromatic nitrogens is 2. The van der Waals surface area contributed by atoms with Crippen LogP contribution in [-0.4, -0.2) is 23.1 Å². The second-order valence-electron chi connectivity index (χ2n) is 10.5. The van der Waals surface area contributed by atoms with Gasteiger partial charge in [0, 0.05) is 56.7 Å². The van der Waals surface area contributed by atoms with E-state index in [2.05, 4.69) is 22.8 Å². The molecule has 4 aromatic rings. The van der Waals surface area contributed by atoms with Gasteiger partial charge in [-0.2, -0.15) is 0 Å². The molecule has 0 amide bonds. The number of hydrogen-bond donors (Lipinski definition) is 2. The number of nitrogens with one attached hydrogen (secondary N) is 2. The Balaban J connectivity index is 0.00000176. The SMILES string of the molecule is Cl.Cl.Clc1ccc2c(NCCCCCNc3c4c(nc5cc(Cl)ccc35)CCCC4)c3c(nc2c1)CCCC3. The molecule has 0 unspecified atom stereocenters. The first kappa shape index (κ1) is 30.0. The summed E-state index contributed by atoms with van der Waals surface area (Å²) < 4.78 is 0. The molecular weight excluding hydrogens is 570 g/mol. The Labute approximate surface area is 253 Å². The number of benzene rings is 2. The number of fused-ring (bicyclic) bond motifs is 4. The van der Waals surface area contributed by atoms with Gasteiger partial charge in [-0.05, 0) is 118 Å². The summed E-state index contributed by atoms with van der Waals surface area (Å²) in [6, 6.07) is 12.2. The smallest absolute Gasteiger partial charge is 0.0741 e. The maximum atomic E-state index is 6.28. The van der Waals surface area contributed by atoms with E-state index < -0.39 is 0 Å². The van der Waals surface area contributed by atoms with Gasteiger partial charge >= 0.3 is 0 Å². The third-order valence-corrected chi connectivity index (χ3v) is 8.38. The summed E-state index contributed by atoms with van der Waals surface area (Å²) in [5, 5.41) is 11.5. The van der Waals surface area contributed by atoms with Gasteiger partial charge in [-0.3, -0.25) is 9.97 Å². The van der Waals surface area contributed by atoms with E-state index in [0.29, 0.717) is 0 Å².